The molecule has 12 nitrogen and oxygen atoms in total. The first-order valence-electron chi connectivity index (χ1n) is 17.0. The van der Waals surface area contributed by atoms with E-state index < -0.39 is 19.9 Å². The van der Waals surface area contributed by atoms with Crippen molar-refractivity contribution >= 4 is 63.3 Å². The number of aromatic amines is 1. The van der Waals surface area contributed by atoms with Crippen LogP contribution in [0.2, 0.25) is 0 Å². The van der Waals surface area contributed by atoms with E-state index in [0.717, 1.165) is 63.4 Å². The van der Waals surface area contributed by atoms with Gasteiger partial charge in [0.1, 0.15) is 29.9 Å². The smallest absolute Gasteiger partial charge is 0.422 e. The van der Waals surface area contributed by atoms with Crippen LogP contribution in [0.1, 0.15) is 18.4 Å². The number of piperidine rings is 1. The SMILES string of the molecule is Cc1cc(Nc2nc(Nc3ccc4nccnc4c3P(C)(C)=O)c3cc[nH]c3n2)c(OCC(F)(F)F)cc1N1CCC(N2CCN(C)CC2)CC1. The fraction of sp³-hybridized carbons (Fsp3) is 0.429. The molecule has 270 valence electrons. The number of piperazine rings is 1. The molecule has 0 unspecified atom stereocenters. The van der Waals surface area contributed by atoms with Crippen LogP contribution in [0.5, 0.6) is 5.75 Å². The Morgan fingerprint density at radius 3 is 2.43 bits per heavy atom. The van der Waals surface area contributed by atoms with Gasteiger partial charge in [-0.3, -0.25) is 14.9 Å². The molecule has 3 N–H and O–H groups in total. The van der Waals surface area contributed by atoms with Crippen molar-refractivity contribution in [1.29, 1.82) is 0 Å². The molecule has 0 bridgehead atoms. The van der Waals surface area contributed by atoms with Crippen molar-refractivity contribution in [3.8, 4) is 5.75 Å². The molecule has 0 saturated carbocycles. The lowest BCUT2D eigenvalue weighted by atomic mass is 10.0. The first kappa shape index (κ1) is 35.0. The van der Waals surface area contributed by atoms with Gasteiger partial charge in [-0.2, -0.15) is 23.1 Å². The molecule has 0 aliphatic carbocycles. The largest absolute Gasteiger partial charge is 0.482 e. The van der Waals surface area contributed by atoms with Crippen LogP contribution in [0.25, 0.3) is 22.1 Å². The van der Waals surface area contributed by atoms with E-state index in [1.54, 1.807) is 56.2 Å². The van der Waals surface area contributed by atoms with Gasteiger partial charge in [0, 0.05) is 75.7 Å². The molecule has 16 heteroatoms. The molecule has 2 aliphatic heterocycles. The number of halogens is 3. The quantitative estimate of drug-likeness (QED) is 0.153. The summed E-state index contributed by atoms with van der Waals surface area (Å²) in [6.45, 7) is 9.68. The molecule has 0 radical (unpaired) electrons. The summed E-state index contributed by atoms with van der Waals surface area (Å²) in [7, 11) is -0.714. The normalized spacial score (nSPS) is 17.0. The zero-order valence-electron chi connectivity index (χ0n) is 29.1. The van der Waals surface area contributed by atoms with E-state index in [0.29, 0.717) is 50.6 Å². The molecule has 5 aromatic rings. The Kier molecular flexibility index (Phi) is 9.55. The average molecular weight is 723 g/mol. The number of rotatable bonds is 9. The number of ether oxygens (including phenoxy) is 1. The van der Waals surface area contributed by atoms with Gasteiger partial charge in [-0.05, 0) is 70.0 Å². The Balaban J connectivity index is 1.19. The third-order valence-corrected chi connectivity index (χ3v) is 11.1. The number of aryl methyl sites for hydroxylation is 1. The monoisotopic (exact) mass is 722 g/mol. The van der Waals surface area contributed by atoms with Crippen LogP contribution < -0.4 is 25.6 Å². The Hall–Kier alpha value is -4.46. The third-order valence-electron chi connectivity index (χ3n) is 9.62. The van der Waals surface area contributed by atoms with Gasteiger partial charge in [0.2, 0.25) is 5.95 Å². The number of nitrogens with one attached hydrogen (secondary N) is 3. The van der Waals surface area contributed by atoms with Crippen molar-refractivity contribution in [1.82, 2.24) is 34.7 Å². The predicted molar refractivity (Wildman–Crippen MR) is 196 cm³/mol. The van der Waals surface area contributed by atoms with Crippen molar-refractivity contribution < 1.29 is 22.5 Å². The van der Waals surface area contributed by atoms with Crippen LogP contribution in [-0.4, -0.2) is 113 Å². The minimum Gasteiger partial charge on any atom is -0.482 e. The molecular weight excluding hydrogens is 680 g/mol. The molecule has 2 fully saturated rings. The topological polar surface area (TPSA) is 127 Å². The molecule has 2 aromatic carbocycles. The molecule has 5 heterocycles. The van der Waals surface area contributed by atoms with Crippen molar-refractivity contribution in [2.75, 3.05) is 81.8 Å². The summed E-state index contributed by atoms with van der Waals surface area (Å²) in [6.07, 6.45) is 2.30. The van der Waals surface area contributed by atoms with E-state index >= 15 is 0 Å². The van der Waals surface area contributed by atoms with Crippen molar-refractivity contribution in [2.24, 2.45) is 0 Å². The summed E-state index contributed by atoms with van der Waals surface area (Å²) in [6, 6.07) is 9.37. The lowest BCUT2D eigenvalue weighted by molar-refractivity contribution is -0.153. The highest BCUT2D eigenvalue weighted by Crippen LogP contribution is 2.42. The van der Waals surface area contributed by atoms with Crippen LogP contribution >= 0.6 is 7.14 Å². The van der Waals surface area contributed by atoms with Crippen LogP contribution in [-0.2, 0) is 4.57 Å². The van der Waals surface area contributed by atoms with E-state index in [1.165, 1.54) is 0 Å². The van der Waals surface area contributed by atoms with Crippen LogP contribution in [0.15, 0.2) is 48.9 Å². The summed E-state index contributed by atoms with van der Waals surface area (Å²) < 4.78 is 59.4. The van der Waals surface area contributed by atoms with Crippen molar-refractivity contribution in [3.05, 3.63) is 54.5 Å². The molecule has 2 aliphatic rings. The number of hydrogen-bond acceptors (Lipinski definition) is 11. The highest BCUT2D eigenvalue weighted by molar-refractivity contribution is 7.71. The number of fused-ring (bicyclic) bond motifs is 2. The maximum atomic E-state index is 13.5. The number of likely N-dealkylation sites (N-methyl/N-ethyl adjacent to an activating group) is 1. The second-order valence-electron chi connectivity index (χ2n) is 13.7. The molecule has 51 heavy (non-hydrogen) atoms. The van der Waals surface area contributed by atoms with Crippen LogP contribution in [0, 0.1) is 6.92 Å². The fourth-order valence-corrected chi connectivity index (χ4v) is 8.46. The Morgan fingerprint density at radius 2 is 1.71 bits per heavy atom. The summed E-state index contributed by atoms with van der Waals surface area (Å²) in [5.41, 5.74) is 4.21. The zero-order valence-corrected chi connectivity index (χ0v) is 30.0. The molecule has 0 amide bonds. The van der Waals surface area contributed by atoms with E-state index in [1.807, 2.05) is 13.0 Å². The summed E-state index contributed by atoms with van der Waals surface area (Å²) in [4.78, 5) is 28.4. The molecular formula is C35H42F3N10O2P. The molecule has 0 atom stereocenters. The predicted octanol–water partition coefficient (Wildman–Crippen LogP) is 6.10. The third kappa shape index (κ3) is 7.75. The highest BCUT2D eigenvalue weighted by atomic mass is 31.2. The standard InChI is InChI=1S/C35H42F3N10O2P/c1-22-19-27(29(50-21-35(36,37)38)20-28(22)48-13-8-23(9-14-48)47-17-15-46(2)16-18-47)43-34-44-32-24(7-10-41-32)33(45-34)42-26-6-5-25-30(40-12-11-39-25)31(26)51(3,4)49/h5-7,10-12,19-20,23H,8-9,13-18,21H2,1-4H3,(H3,41,42,43,44,45). The number of H-pyrrole nitrogens is 1. The van der Waals surface area contributed by atoms with Crippen molar-refractivity contribution in [3.63, 3.8) is 0 Å². The van der Waals surface area contributed by atoms with Crippen LogP contribution in [0.4, 0.5) is 42.0 Å². The van der Waals surface area contributed by atoms with E-state index in [9.17, 15) is 17.7 Å². The van der Waals surface area contributed by atoms with E-state index in [2.05, 4.69) is 52.3 Å². The molecule has 0 spiro atoms. The number of alkyl halides is 3. The van der Waals surface area contributed by atoms with Gasteiger partial charge >= 0.3 is 6.18 Å². The number of aromatic nitrogens is 5. The minimum atomic E-state index is -4.53. The summed E-state index contributed by atoms with van der Waals surface area (Å²) in [5, 5.41) is 7.66. The first-order chi connectivity index (χ1) is 24.3. The highest BCUT2D eigenvalue weighted by Gasteiger charge is 2.31. The zero-order chi connectivity index (χ0) is 35.9. The summed E-state index contributed by atoms with van der Waals surface area (Å²) >= 11 is 0. The number of nitrogens with zero attached hydrogens (tertiary/aromatic N) is 7. The van der Waals surface area contributed by atoms with Gasteiger partial charge in [-0.1, -0.05) is 0 Å². The maximum Gasteiger partial charge on any atom is 0.422 e. The second kappa shape index (κ2) is 13.9. The van der Waals surface area contributed by atoms with Gasteiger partial charge in [0.25, 0.3) is 0 Å². The van der Waals surface area contributed by atoms with E-state index in [4.69, 9.17) is 9.72 Å². The minimum absolute atomic E-state index is 0.0482. The lowest BCUT2D eigenvalue weighted by Crippen LogP contribution is -2.52. The number of anilines is 5. The van der Waals surface area contributed by atoms with Gasteiger partial charge in [-0.15, -0.1) is 0 Å². The van der Waals surface area contributed by atoms with Gasteiger partial charge in [0.15, 0.2) is 6.61 Å². The van der Waals surface area contributed by atoms with Crippen LogP contribution in [0.3, 0.4) is 0 Å². The second-order valence-corrected chi connectivity index (χ2v) is 16.9. The molecule has 2 saturated heterocycles. The Labute approximate surface area is 294 Å². The summed E-state index contributed by atoms with van der Waals surface area (Å²) in [5.74, 6) is 0.575. The molecule has 3 aromatic heterocycles. The fourth-order valence-electron chi connectivity index (χ4n) is 7.06. The Morgan fingerprint density at radius 1 is 0.961 bits per heavy atom. The molecule has 7 rings (SSSR count). The number of benzene rings is 2. The van der Waals surface area contributed by atoms with Gasteiger partial charge < -0.3 is 34.7 Å². The van der Waals surface area contributed by atoms with Crippen molar-refractivity contribution in [2.45, 2.75) is 32.0 Å². The van der Waals surface area contributed by atoms with Gasteiger partial charge in [0.05, 0.1) is 27.6 Å². The van der Waals surface area contributed by atoms with E-state index in [-0.39, 0.29) is 11.7 Å². The maximum absolute atomic E-state index is 13.5. The van der Waals surface area contributed by atoms with Gasteiger partial charge in [-0.25, -0.2) is 0 Å². The lowest BCUT2D eigenvalue weighted by Gasteiger charge is -2.43. The number of hydrogen-bond donors (Lipinski definition) is 3. The average Bonchev–Trinajstić information content (AvgIpc) is 3.56. The first-order valence-corrected chi connectivity index (χ1v) is 19.6. The Bertz CT molecular complexity index is 2090.